The molecule has 0 amide bonds. The minimum absolute atomic E-state index is 0.177. The highest BCUT2D eigenvalue weighted by Gasteiger charge is 2.25. The van der Waals surface area contributed by atoms with E-state index >= 15 is 0 Å². The average molecular weight is 701 g/mol. The van der Waals surface area contributed by atoms with Crippen LogP contribution in [0.15, 0.2) is 0 Å². The summed E-state index contributed by atoms with van der Waals surface area (Å²) in [6.45, 7) is 4.79. The fraction of sp³-hybridized carbons (Fsp3) is 0.925. The maximum absolute atomic E-state index is 12.6. The number of carbonyl (C=O) groups excluding carboxylic acids is 2. The number of carbonyl (C=O) groups is 3. The van der Waals surface area contributed by atoms with Crippen LogP contribution in [0, 0.1) is 0 Å². The maximum Gasteiger partial charge on any atom is 0.361 e. The molecule has 49 heavy (non-hydrogen) atoms. The molecule has 0 aliphatic heterocycles. The van der Waals surface area contributed by atoms with E-state index in [9.17, 15) is 19.5 Å². The van der Waals surface area contributed by atoms with Gasteiger partial charge in [-0.3, -0.25) is 9.59 Å². The summed E-state index contributed by atoms with van der Waals surface area (Å²) in [7, 11) is 5.94. The van der Waals surface area contributed by atoms with Crippen LogP contribution in [-0.4, -0.2) is 87.4 Å². The highest BCUT2D eigenvalue weighted by atomic mass is 16.7. The Morgan fingerprint density at radius 3 is 1.31 bits per heavy atom. The third-order valence-corrected chi connectivity index (χ3v) is 8.86. The third-order valence-electron chi connectivity index (χ3n) is 8.86. The summed E-state index contributed by atoms with van der Waals surface area (Å²) >= 11 is 0. The van der Waals surface area contributed by atoms with Crippen LogP contribution in [0.4, 0.5) is 0 Å². The Bertz CT molecular complexity index is 785. The standard InChI is InChI=1S/C40H77NO8/c1-6-8-10-12-13-14-15-16-17-18-19-20-21-22-23-24-25-27-29-31-38(43)49-36(34-47-37(42)30-28-26-11-9-7-2)35-48-40(39(44)45)46-33-32-41(3,4)5/h36,40H,6-35H2,1-5H3/p+1. The molecule has 9 nitrogen and oxygen atoms in total. The van der Waals surface area contributed by atoms with Crippen LogP contribution in [0.25, 0.3) is 0 Å². The predicted octanol–water partition coefficient (Wildman–Crippen LogP) is 9.77. The molecular weight excluding hydrogens is 622 g/mol. The van der Waals surface area contributed by atoms with Crippen molar-refractivity contribution in [1.82, 2.24) is 0 Å². The molecule has 2 atom stereocenters. The van der Waals surface area contributed by atoms with Gasteiger partial charge in [-0.1, -0.05) is 155 Å². The Kier molecular flexibility index (Phi) is 32.3. The number of ether oxygens (including phenoxy) is 4. The molecule has 0 aliphatic rings. The number of carboxylic acids is 1. The molecule has 0 aliphatic carbocycles. The zero-order valence-corrected chi connectivity index (χ0v) is 32.6. The summed E-state index contributed by atoms with van der Waals surface area (Å²) in [6, 6.07) is 0. The van der Waals surface area contributed by atoms with Gasteiger partial charge in [-0.05, 0) is 12.8 Å². The fourth-order valence-electron chi connectivity index (χ4n) is 5.66. The van der Waals surface area contributed by atoms with Gasteiger partial charge in [-0.15, -0.1) is 0 Å². The molecule has 0 aromatic heterocycles. The Hall–Kier alpha value is -1.71. The van der Waals surface area contributed by atoms with Gasteiger partial charge in [-0.25, -0.2) is 4.79 Å². The molecule has 290 valence electrons. The van der Waals surface area contributed by atoms with Crippen molar-refractivity contribution in [3.63, 3.8) is 0 Å². The second kappa shape index (κ2) is 33.4. The summed E-state index contributed by atoms with van der Waals surface area (Å²) in [5, 5.41) is 9.55. The molecule has 0 saturated carbocycles. The van der Waals surface area contributed by atoms with Crippen molar-refractivity contribution in [3.05, 3.63) is 0 Å². The first-order valence-corrected chi connectivity index (χ1v) is 20.2. The molecule has 1 N–H and O–H groups in total. The first-order chi connectivity index (χ1) is 23.6. The topological polar surface area (TPSA) is 108 Å². The van der Waals surface area contributed by atoms with Gasteiger partial charge in [0.05, 0.1) is 34.4 Å². The lowest BCUT2D eigenvalue weighted by molar-refractivity contribution is -0.870. The Morgan fingerprint density at radius 1 is 0.531 bits per heavy atom. The molecular formula is C40H78NO8+. The second-order valence-electron chi connectivity index (χ2n) is 15.0. The van der Waals surface area contributed by atoms with Gasteiger partial charge in [-0.2, -0.15) is 0 Å². The van der Waals surface area contributed by atoms with Crippen LogP contribution >= 0.6 is 0 Å². The predicted molar refractivity (Wildman–Crippen MR) is 198 cm³/mol. The van der Waals surface area contributed by atoms with E-state index in [0.717, 1.165) is 51.4 Å². The second-order valence-corrected chi connectivity index (χ2v) is 15.0. The van der Waals surface area contributed by atoms with Crippen LogP contribution in [0.2, 0.25) is 0 Å². The van der Waals surface area contributed by atoms with E-state index in [4.69, 9.17) is 18.9 Å². The van der Waals surface area contributed by atoms with Crippen molar-refractivity contribution in [3.8, 4) is 0 Å². The number of aliphatic carboxylic acids is 1. The molecule has 9 heteroatoms. The van der Waals surface area contributed by atoms with Crippen molar-refractivity contribution in [2.24, 2.45) is 0 Å². The largest absolute Gasteiger partial charge is 0.477 e. The average Bonchev–Trinajstić information content (AvgIpc) is 3.05. The van der Waals surface area contributed by atoms with E-state index in [2.05, 4.69) is 13.8 Å². The van der Waals surface area contributed by atoms with Crippen LogP contribution in [-0.2, 0) is 33.3 Å². The smallest absolute Gasteiger partial charge is 0.361 e. The SMILES string of the molecule is CCCCCCCCCCCCCCCCCCCCCC(=O)OC(COC(=O)CCCCCCC)COC(OCC[N+](C)(C)C)C(=O)O. The molecule has 0 fully saturated rings. The van der Waals surface area contributed by atoms with Gasteiger partial charge in [0, 0.05) is 12.8 Å². The number of rotatable bonds is 37. The van der Waals surface area contributed by atoms with Crippen LogP contribution in [0.1, 0.15) is 181 Å². The fourth-order valence-corrected chi connectivity index (χ4v) is 5.66. The summed E-state index contributed by atoms with van der Waals surface area (Å²) in [6.07, 6.45) is 27.8. The van der Waals surface area contributed by atoms with Gasteiger partial charge < -0.3 is 28.5 Å². The number of hydrogen-bond acceptors (Lipinski definition) is 7. The molecule has 0 heterocycles. The van der Waals surface area contributed by atoms with Gasteiger partial charge in [0.15, 0.2) is 6.10 Å². The number of unbranched alkanes of at least 4 members (excludes halogenated alkanes) is 22. The number of hydrogen-bond donors (Lipinski definition) is 1. The van der Waals surface area contributed by atoms with Gasteiger partial charge in [0.1, 0.15) is 13.2 Å². The third kappa shape index (κ3) is 34.5. The van der Waals surface area contributed by atoms with E-state index in [1.165, 1.54) is 103 Å². The maximum atomic E-state index is 12.6. The lowest BCUT2D eigenvalue weighted by Crippen LogP contribution is -2.40. The van der Waals surface area contributed by atoms with Crippen molar-refractivity contribution < 1.29 is 42.9 Å². The Balaban J connectivity index is 4.25. The highest BCUT2D eigenvalue weighted by Crippen LogP contribution is 2.15. The summed E-state index contributed by atoms with van der Waals surface area (Å²) < 4.78 is 22.5. The molecule has 2 unspecified atom stereocenters. The Morgan fingerprint density at radius 2 is 0.918 bits per heavy atom. The van der Waals surface area contributed by atoms with E-state index in [1.54, 1.807) is 0 Å². The van der Waals surface area contributed by atoms with E-state index in [-0.39, 0.29) is 32.2 Å². The Labute approximate surface area is 301 Å². The highest BCUT2D eigenvalue weighted by molar-refractivity contribution is 5.71. The molecule has 0 saturated heterocycles. The summed E-state index contributed by atoms with van der Waals surface area (Å²) in [5.74, 6) is -2.01. The van der Waals surface area contributed by atoms with Crippen molar-refractivity contribution in [1.29, 1.82) is 0 Å². The lowest BCUT2D eigenvalue weighted by atomic mass is 10.0. The number of likely N-dealkylation sites (N-methyl/N-ethyl adjacent to an activating group) is 1. The minimum atomic E-state index is -1.50. The number of carboxylic acid groups (broad SMARTS) is 1. The van der Waals surface area contributed by atoms with Crippen molar-refractivity contribution in [2.45, 2.75) is 193 Å². The van der Waals surface area contributed by atoms with Crippen LogP contribution < -0.4 is 0 Å². The van der Waals surface area contributed by atoms with Gasteiger partial charge in [0.25, 0.3) is 6.29 Å². The zero-order chi connectivity index (χ0) is 36.4. The molecule has 0 bridgehead atoms. The lowest BCUT2D eigenvalue weighted by Gasteiger charge is -2.25. The molecule has 0 spiro atoms. The molecule has 0 rings (SSSR count). The first kappa shape index (κ1) is 47.3. The van der Waals surface area contributed by atoms with Crippen molar-refractivity contribution in [2.75, 3.05) is 47.5 Å². The monoisotopic (exact) mass is 701 g/mol. The van der Waals surface area contributed by atoms with Gasteiger partial charge >= 0.3 is 17.9 Å². The zero-order valence-electron chi connectivity index (χ0n) is 32.6. The minimum Gasteiger partial charge on any atom is -0.477 e. The summed E-state index contributed by atoms with van der Waals surface area (Å²) in [4.78, 5) is 36.6. The number of quaternary nitrogens is 1. The van der Waals surface area contributed by atoms with E-state index in [1.807, 2.05) is 21.1 Å². The molecule has 0 aromatic carbocycles. The summed E-state index contributed by atoms with van der Waals surface area (Å²) in [5.41, 5.74) is 0. The van der Waals surface area contributed by atoms with E-state index in [0.29, 0.717) is 17.4 Å². The first-order valence-electron chi connectivity index (χ1n) is 20.2. The van der Waals surface area contributed by atoms with Gasteiger partial charge in [0.2, 0.25) is 0 Å². The van der Waals surface area contributed by atoms with Crippen molar-refractivity contribution >= 4 is 17.9 Å². The quantitative estimate of drug-likeness (QED) is 0.0295. The normalized spacial score (nSPS) is 12.9. The number of nitrogens with zero attached hydrogens (tertiary/aromatic N) is 1. The number of esters is 2. The van der Waals surface area contributed by atoms with Crippen LogP contribution in [0.5, 0.6) is 0 Å². The van der Waals surface area contributed by atoms with E-state index < -0.39 is 24.3 Å². The van der Waals surface area contributed by atoms with Crippen LogP contribution in [0.3, 0.4) is 0 Å². The molecule has 0 radical (unpaired) electrons. The molecule has 0 aromatic rings.